The molecule has 1 aliphatic heterocycles. The SMILES string of the molecule is COc1ccc2c(c1)C(=O)C(=O)N2CCCCCl. The number of carbonyl (C=O) groups is 2. The number of amides is 1. The molecule has 2 rings (SSSR count). The minimum Gasteiger partial charge on any atom is -0.497 e. The monoisotopic (exact) mass is 267 g/mol. The van der Waals surface area contributed by atoms with Crippen molar-refractivity contribution in [2.75, 3.05) is 24.4 Å². The summed E-state index contributed by atoms with van der Waals surface area (Å²) in [6.45, 7) is 0.524. The van der Waals surface area contributed by atoms with Gasteiger partial charge in [0.15, 0.2) is 0 Å². The molecule has 0 spiro atoms. The molecule has 96 valence electrons. The summed E-state index contributed by atoms with van der Waals surface area (Å²) >= 11 is 5.60. The van der Waals surface area contributed by atoms with Crippen LogP contribution in [0, 0.1) is 0 Å². The molecule has 0 N–H and O–H groups in total. The molecule has 0 aromatic heterocycles. The molecule has 1 heterocycles. The fraction of sp³-hybridized carbons (Fsp3) is 0.385. The smallest absolute Gasteiger partial charge is 0.299 e. The lowest BCUT2D eigenvalue weighted by atomic mass is 10.1. The Labute approximate surface area is 110 Å². The van der Waals surface area contributed by atoms with Gasteiger partial charge < -0.3 is 9.64 Å². The van der Waals surface area contributed by atoms with Gasteiger partial charge in [0.25, 0.3) is 11.7 Å². The third-order valence-electron chi connectivity index (χ3n) is 2.94. The molecular formula is C13H14ClNO3. The summed E-state index contributed by atoms with van der Waals surface area (Å²) in [7, 11) is 1.53. The van der Waals surface area contributed by atoms with Gasteiger partial charge in [-0.2, -0.15) is 0 Å². The largest absolute Gasteiger partial charge is 0.497 e. The van der Waals surface area contributed by atoms with Gasteiger partial charge in [0.2, 0.25) is 0 Å². The molecule has 1 aromatic carbocycles. The van der Waals surface area contributed by atoms with Crippen molar-refractivity contribution in [2.24, 2.45) is 0 Å². The summed E-state index contributed by atoms with van der Waals surface area (Å²) in [5, 5.41) is 0. The summed E-state index contributed by atoms with van der Waals surface area (Å²) in [4.78, 5) is 25.2. The van der Waals surface area contributed by atoms with E-state index in [1.165, 1.54) is 12.0 Å². The van der Waals surface area contributed by atoms with Crippen LogP contribution in [0.3, 0.4) is 0 Å². The van der Waals surface area contributed by atoms with Gasteiger partial charge in [-0.05, 0) is 31.0 Å². The molecule has 5 heteroatoms. The standard InChI is InChI=1S/C13H14ClNO3/c1-18-9-4-5-11-10(8-9)12(16)13(17)15(11)7-3-2-6-14/h4-5,8H,2-3,6-7H2,1H3. The van der Waals surface area contributed by atoms with Gasteiger partial charge in [-0.15, -0.1) is 11.6 Å². The lowest BCUT2D eigenvalue weighted by Crippen LogP contribution is -2.30. The van der Waals surface area contributed by atoms with Crippen LogP contribution < -0.4 is 9.64 Å². The normalized spacial score (nSPS) is 14.0. The van der Waals surface area contributed by atoms with E-state index >= 15 is 0 Å². The van der Waals surface area contributed by atoms with Crippen LogP contribution in [-0.4, -0.2) is 31.2 Å². The topological polar surface area (TPSA) is 46.6 Å². The van der Waals surface area contributed by atoms with E-state index < -0.39 is 11.7 Å². The molecule has 0 unspecified atom stereocenters. The van der Waals surface area contributed by atoms with E-state index in [4.69, 9.17) is 16.3 Å². The number of hydrogen-bond acceptors (Lipinski definition) is 3. The van der Waals surface area contributed by atoms with Gasteiger partial charge in [0.05, 0.1) is 18.4 Å². The number of anilines is 1. The summed E-state index contributed by atoms with van der Waals surface area (Å²) in [5.74, 6) is 0.214. The third-order valence-corrected chi connectivity index (χ3v) is 3.21. The first kappa shape index (κ1) is 12.9. The molecule has 4 nitrogen and oxygen atoms in total. The average Bonchev–Trinajstić information content (AvgIpc) is 2.63. The number of halogens is 1. The maximum atomic E-state index is 11.9. The van der Waals surface area contributed by atoms with Crippen LogP contribution in [0.1, 0.15) is 23.2 Å². The molecule has 0 saturated heterocycles. The summed E-state index contributed by atoms with van der Waals surface area (Å²) in [6.07, 6.45) is 1.61. The molecule has 18 heavy (non-hydrogen) atoms. The highest BCUT2D eigenvalue weighted by molar-refractivity contribution is 6.52. The molecule has 1 aliphatic rings. The van der Waals surface area contributed by atoms with E-state index in [-0.39, 0.29) is 0 Å². The number of benzene rings is 1. The number of nitrogens with zero attached hydrogens (tertiary/aromatic N) is 1. The molecule has 0 fully saturated rings. The van der Waals surface area contributed by atoms with Crippen molar-refractivity contribution in [3.63, 3.8) is 0 Å². The highest BCUT2D eigenvalue weighted by Gasteiger charge is 2.35. The van der Waals surface area contributed by atoms with Gasteiger partial charge in [-0.25, -0.2) is 0 Å². The number of ketones is 1. The van der Waals surface area contributed by atoms with Crippen LogP contribution in [0.25, 0.3) is 0 Å². The minimum absolute atomic E-state index is 0.422. The number of ether oxygens (including phenoxy) is 1. The quantitative estimate of drug-likeness (QED) is 0.467. The predicted octanol–water partition coefficient (Wildman–Crippen LogP) is 2.24. The fourth-order valence-corrected chi connectivity index (χ4v) is 2.18. The number of hydrogen-bond donors (Lipinski definition) is 0. The Balaban J connectivity index is 2.26. The Morgan fingerprint density at radius 1 is 1.28 bits per heavy atom. The Morgan fingerprint density at radius 2 is 2.06 bits per heavy atom. The second kappa shape index (κ2) is 5.40. The molecule has 1 amide bonds. The Bertz CT molecular complexity index is 487. The molecular weight excluding hydrogens is 254 g/mol. The van der Waals surface area contributed by atoms with E-state index in [0.717, 1.165) is 12.8 Å². The second-order valence-corrected chi connectivity index (χ2v) is 4.44. The second-order valence-electron chi connectivity index (χ2n) is 4.07. The first-order chi connectivity index (χ1) is 8.69. The van der Waals surface area contributed by atoms with Crippen LogP contribution in [-0.2, 0) is 4.79 Å². The molecule has 0 saturated carbocycles. The highest BCUT2D eigenvalue weighted by atomic mass is 35.5. The fourth-order valence-electron chi connectivity index (χ4n) is 1.99. The van der Waals surface area contributed by atoms with E-state index in [1.807, 2.05) is 0 Å². The van der Waals surface area contributed by atoms with E-state index in [2.05, 4.69) is 0 Å². The van der Waals surface area contributed by atoms with Gasteiger partial charge in [0.1, 0.15) is 5.75 Å². The minimum atomic E-state index is -0.465. The summed E-state index contributed by atoms with van der Waals surface area (Å²) in [6, 6.07) is 5.11. The number of carbonyl (C=O) groups excluding carboxylic acids is 2. The zero-order chi connectivity index (χ0) is 13.1. The number of fused-ring (bicyclic) bond motifs is 1. The molecule has 0 radical (unpaired) electrons. The van der Waals surface area contributed by atoms with Crippen molar-refractivity contribution < 1.29 is 14.3 Å². The van der Waals surface area contributed by atoms with Crippen molar-refractivity contribution in [3.8, 4) is 5.75 Å². The predicted molar refractivity (Wildman–Crippen MR) is 69.6 cm³/mol. The van der Waals surface area contributed by atoms with Crippen LogP contribution in [0.15, 0.2) is 18.2 Å². The zero-order valence-corrected chi connectivity index (χ0v) is 10.9. The van der Waals surface area contributed by atoms with Crippen LogP contribution in [0.2, 0.25) is 0 Å². The van der Waals surface area contributed by atoms with Gasteiger partial charge >= 0.3 is 0 Å². The van der Waals surface area contributed by atoms with Crippen LogP contribution >= 0.6 is 11.6 Å². The van der Waals surface area contributed by atoms with Gasteiger partial charge in [0, 0.05) is 12.4 Å². The van der Waals surface area contributed by atoms with E-state index in [9.17, 15) is 9.59 Å². The highest BCUT2D eigenvalue weighted by Crippen LogP contribution is 2.32. The van der Waals surface area contributed by atoms with Crippen molar-refractivity contribution in [1.82, 2.24) is 0 Å². The van der Waals surface area contributed by atoms with E-state index in [0.29, 0.717) is 29.4 Å². The number of alkyl halides is 1. The Kier molecular flexibility index (Phi) is 3.87. The van der Waals surface area contributed by atoms with Gasteiger partial charge in [-0.1, -0.05) is 0 Å². The number of unbranched alkanes of at least 4 members (excludes halogenated alkanes) is 1. The van der Waals surface area contributed by atoms with Crippen molar-refractivity contribution in [1.29, 1.82) is 0 Å². The third kappa shape index (κ3) is 2.20. The maximum absolute atomic E-state index is 11.9. The van der Waals surface area contributed by atoms with Crippen molar-refractivity contribution >= 4 is 29.0 Å². The van der Waals surface area contributed by atoms with Crippen molar-refractivity contribution in [2.45, 2.75) is 12.8 Å². The number of methoxy groups -OCH3 is 1. The first-order valence-corrected chi connectivity index (χ1v) is 6.32. The van der Waals surface area contributed by atoms with Gasteiger partial charge in [-0.3, -0.25) is 9.59 Å². The number of rotatable bonds is 5. The molecule has 0 bridgehead atoms. The zero-order valence-electron chi connectivity index (χ0n) is 10.1. The average molecular weight is 268 g/mol. The van der Waals surface area contributed by atoms with Crippen LogP contribution in [0.4, 0.5) is 5.69 Å². The lowest BCUT2D eigenvalue weighted by Gasteiger charge is -2.16. The number of Topliss-reactive ketones (excluding diaryl/α,β-unsaturated/α-hetero) is 1. The summed E-state index contributed by atoms with van der Waals surface area (Å²) in [5.41, 5.74) is 1.09. The summed E-state index contributed by atoms with van der Waals surface area (Å²) < 4.78 is 5.06. The van der Waals surface area contributed by atoms with Crippen molar-refractivity contribution in [3.05, 3.63) is 23.8 Å². The Hall–Kier alpha value is -1.55. The molecule has 0 atom stereocenters. The Morgan fingerprint density at radius 3 is 2.72 bits per heavy atom. The first-order valence-electron chi connectivity index (χ1n) is 5.79. The lowest BCUT2D eigenvalue weighted by molar-refractivity contribution is -0.114. The van der Waals surface area contributed by atoms with E-state index in [1.54, 1.807) is 18.2 Å². The molecule has 1 aromatic rings. The van der Waals surface area contributed by atoms with Crippen LogP contribution in [0.5, 0.6) is 5.75 Å². The molecule has 0 aliphatic carbocycles. The maximum Gasteiger partial charge on any atom is 0.299 e.